The molecule has 6 heteroatoms. The zero-order valence-corrected chi connectivity index (χ0v) is 15.0. The lowest BCUT2D eigenvalue weighted by molar-refractivity contribution is -0.129. The van der Waals surface area contributed by atoms with Crippen molar-refractivity contribution in [3.63, 3.8) is 0 Å². The van der Waals surface area contributed by atoms with Gasteiger partial charge in [0, 0.05) is 30.9 Å². The minimum Gasteiger partial charge on any atom is -0.341 e. The molecule has 1 unspecified atom stereocenters. The van der Waals surface area contributed by atoms with Crippen LogP contribution in [0.3, 0.4) is 0 Å². The minimum atomic E-state index is 0.199. The second-order valence-corrected chi connectivity index (χ2v) is 8.34. The van der Waals surface area contributed by atoms with Gasteiger partial charge < -0.3 is 9.47 Å². The number of hydrogen-bond donors (Lipinski definition) is 0. The van der Waals surface area contributed by atoms with E-state index in [0.717, 1.165) is 23.8 Å². The predicted molar refractivity (Wildman–Crippen MR) is 93.9 cm³/mol. The van der Waals surface area contributed by atoms with Gasteiger partial charge in [0.05, 0.1) is 6.42 Å². The van der Waals surface area contributed by atoms with Crippen molar-refractivity contribution in [2.24, 2.45) is 12.5 Å². The Morgan fingerprint density at radius 2 is 2.21 bits per heavy atom. The van der Waals surface area contributed by atoms with Gasteiger partial charge >= 0.3 is 0 Å². The molecule has 2 aromatic rings. The highest BCUT2D eigenvalue weighted by atomic mass is 32.1. The van der Waals surface area contributed by atoms with Crippen LogP contribution in [-0.2, 0) is 18.3 Å². The van der Waals surface area contributed by atoms with Gasteiger partial charge in [0.25, 0.3) is 0 Å². The number of thiophene rings is 1. The molecule has 128 valence electrons. The van der Waals surface area contributed by atoms with Gasteiger partial charge in [0.2, 0.25) is 5.91 Å². The van der Waals surface area contributed by atoms with E-state index in [-0.39, 0.29) is 11.3 Å². The Morgan fingerprint density at radius 1 is 1.38 bits per heavy atom. The molecule has 2 aromatic heterocycles. The fraction of sp³-hybridized carbons (Fsp3) is 0.611. The van der Waals surface area contributed by atoms with Crippen molar-refractivity contribution in [2.45, 2.75) is 44.4 Å². The number of rotatable bonds is 3. The molecule has 0 radical (unpaired) electrons. The molecule has 24 heavy (non-hydrogen) atoms. The van der Waals surface area contributed by atoms with Gasteiger partial charge in [-0.05, 0) is 29.7 Å². The molecule has 2 aliphatic rings. The normalized spacial score (nSPS) is 23.0. The fourth-order valence-corrected chi connectivity index (χ4v) is 5.25. The summed E-state index contributed by atoms with van der Waals surface area (Å²) in [5.74, 6) is 1.62. The number of likely N-dealkylation sites (tertiary alicyclic amines) is 1. The SMILES string of the molecule is Cn1cnnc1C1CN(C(=O)Cc2cccs2)CC12CCCCC2. The molecule has 1 amide bonds. The number of aromatic nitrogens is 3. The first kappa shape index (κ1) is 15.8. The maximum absolute atomic E-state index is 12.8. The molecule has 3 heterocycles. The van der Waals surface area contributed by atoms with Crippen LogP contribution in [-0.4, -0.2) is 38.7 Å². The second kappa shape index (κ2) is 6.31. The van der Waals surface area contributed by atoms with Crippen LogP contribution in [0.15, 0.2) is 23.8 Å². The number of aryl methyl sites for hydroxylation is 1. The molecule has 1 spiro atoms. The lowest BCUT2D eigenvalue weighted by atomic mass is 9.67. The Kier molecular flexibility index (Phi) is 4.16. The molecular formula is C18H24N4OS. The van der Waals surface area contributed by atoms with E-state index in [1.165, 1.54) is 32.1 Å². The van der Waals surface area contributed by atoms with E-state index in [1.54, 1.807) is 17.7 Å². The Balaban J connectivity index is 1.58. The molecule has 1 saturated heterocycles. The van der Waals surface area contributed by atoms with Crippen molar-refractivity contribution in [2.75, 3.05) is 13.1 Å². The predicted octanol–water partition coefficient (Wildman–Crippen LogP) is 3.00. The molecule has 0 N–H and O–H groups in total. The second-order valence-electron chi connectivity index (χ2n) is 7.31. The largest absolute Gasteiger partial charge is 0.341 e. The third-order valence-corrected chi connectivity index (χ3v) is 6.69. The molecular weight excluding hydrogens is 320 g/mol. The molecule has 5 nitrogen and oxygen atoms in total. The van der Waals surface area contributed by atoms with Crippen molar-refractivity contribution in [1.82, 2.24) is 19.7 Å². The Bertz CT molecular complexity index is 702. The van der Waals surface area contributed by atoms with E-state index in [4.69, 9.17) is 0 Å². The van der Waals surface area contributed by atoms with Gasteiger partial charge in [-0.2, -0.15) is 0 Å². The zero-order chi connectivity index (χ0) is 16.6. The first-order valence-electron chi connectivity index (χ1n) is 8.82. The first-order valence-corrected chi connectivity index (χ1v) is 9.70. The highest BCUT2D eigenvalue weighted by molar-refractivity contribution is 7.10. The highest BCUT2D eigenvalue weighted by Crippen LogP contribution is 2.51. The van der Waals surface area contributed by atoms with Crippen LogP contribution in [0, 0.1) is 5.41 Å². The number of carbonyl (C=O) groups excluding carboxylic acids is 1. The summed E-state index contributed by atoms with van der Waals surface area (Å²) in [5, 5.41) is 10.5. The standard InChI is InChI=1S/C18H24N4OS/c1-21-13-19-20-17(21)15-11-22(12-18(15)7-3-2-4-8-18)16(23)10-14-6-5-9-24-14/h5-6,9,13,15H,2-4,7-8,10-12H2,1H3. The lowest BCUT2D eigenvalue weighted by Gasteiger charge is -2.37. The summed E-state index contributed by atoms with van der Waals surface area (Å²) in [4.78, 5) is 16.1. The molecule has 1 atom stereocenters. The molecule has 1 aliphatic heterocycles. The van der Waals surface area contributed by atoms with Gasteiger partial charge in [0.15, 0.2) is 0 Å². The topological polar surface area (TPSA) is 51.0 Å². The van der Waals surface area contributed by atoms with Crippen LogP contribution in [0.2, 0.25) is 0 Å². The quantitative estimate of drug-likeness (QED) is 0.860. The van der Waals surface area contributed by atoms with E-state index in [0.29, 0.717) is 12.3 Å². The number of nitrogens with zero attached hydrogens (tertiary/aromatic N) is 4. The van der Waals surface area contributed by atoms with Crippen molar-refractivity contribution < 1.29 is 4.79 Å². The zero-order valence-electron chi connectivity index (χ0n) is 14.1. The highest BCUT2D eigenvalue weighted by Gasteiger charge is 2.50. The van der Waals surface area contributed by atoms with Gasteiger partial charge in [0.1, 0.15) is 12.2 Å². The Hall–Kier alpha value is -1.69. The smallest absolute Gasteiger partial charge is 0.227 e. The minimum absolute atomic E-state index is 0.199. The van der Waals surface area contributed by atoms with Crippen LogP contribution in [0.4, 0.5) is 0 Å². The Morgan fingerprint density at radius 3 is 2.88 bits per heavy atom. The van der Waals surface area contributed by atoms with Crippen LogP contribution in [0.25, 0.3) is 0 Å². The molecule has 2 fully saturated rings. The van der Waals surface area contributed by atoms with Crippen LogP contribution < -0.4 is 0 Å². The van der Waals surface area contributed by atoms with E-state index >= 15 is 0 Å². The molecule has 1 aliphatic carbocycles. The summed E-state index contributed by atoms with van der Waals surface area (Å²) >= 11 is 1.66. The first-order chi connectivity index (χ1) is 11.7. The summed E-state index contributed by atoms with van der Waals surface area (Å²) in [5.41, 5.74) is 0.199. The summed E-state index contributed by atoms with van der Waals surface area (Å²) in [6, 6.07) is 4.07. The maximum atomic E-state index is 12.8. The molecule has 0 bridgehead atoms. The fourth-order valence-electron chi connectivity index (χ4n) is 4.56. The number of amides is 1. The van der Waals surface area contributed by atoms with Gasteiger partial charge in [-0.15, -0.1) is 21.5 Å². The van der Waals surface area contributed by atoms with Crippen molar-refractivity contribution >= 4 is 17.2 Å². The van der Waals surface area contributed by atoms with Crippen molar-refractivity contribution in [1.29, 1.82) is 0 Å². The van der Waals surface area contributed by atoms with E-state index in [9.17, 15) is 4.79 Å². The molecule has 1 saturated carbocycles. The monoisotopic (exact) mass is 344 g/mol. The Labute approximate surface area is 146 Å². The van der Waals surface area contributed by atoms with E-state index in [2.05, 4.69) is 21.2 Å². The summed E-state index contributed by atoms with van der Waals surface area (Å²) < 4.78 is 2.04. The van der Waals surface area contributed by atoms with E-state index in [1.807, 2.05) is 23.1 Å². The van der Waals surface area contributed by atoms with Crippen LogP contribution >= 0.6 is 11.3 Å². The van der Waals surface area contributed by atoms with Gasteiger partial charge in [-0.25, -0.2) is 0 Å². The van der Waals surface area contributed by atoms with Crippen LogP contribution in [0.1, 0.15) is 48.7 Å². The molecule has 4 rings (SSSR count). The summed E-state index contributed by atoms with van der Waals surface area (Å²) in [7, 11) is 2.02. The molecule has 0 aromatic carbocycles. The average Bonchev–Trinajstić information content (AvgIpc) is 3.30. The third kappa shape index (κ3) is 2.77. The summed E-state index contributed by atoms with van der Waals surface area (Å²) in [6.45, 7) is 1.67. The third-order valence-electron chi connectivity index (χ3n) is 5.81. The van der Waals surface area contributed by atoms with Crippen LogP contribution in [0.5, 0.6) is 0 Å². The van der Waals surface area contributed by atoms with Gasteiger partial charge in [-0.1, -0.05) is 25.3 Å². The van der Waals surface area contributed by atoms with Crippen molar-refractivity contribution in [3.8, 4) is 0 Å². The number of carbonyl (C=O) groups is 1. The maximum Gasteiger partial charge on any atom is 0.227 e. The van der Waals surface area contributed by atoms with Gasteiger partial charge in [-0.3, -0.25) is 4.79 Å². The summed E-state index contributed by atoms with van der Waals surface area (Å²) in [6.07, 6.45) is 8.56. The van der Waals surface area contributed by atoms with E-state index < -0.39 is 0 Å². The van der Waals surface area contributed by atoms with Crippen molar-refractivity contribution in [3.05, 3.63) is 34.5 Å². The lowest BCUT2D eigenvalue weighted by Crippen LogP contribution is -2.35. The average molecular weight is 344 g/mol. The number of hydrogen-bond acceptors (Lipinski definition) is 4.